The smallest absolute Gasteiger partial charge is 0.237 e. The normalized spacial score (nSPS) is 33.2. The minimum absolute atomic E-state index is 0.0447. The van der Waals surface area contributed by atoms with Gasteiger partial charge in [0.05, 0.1) is 6.04 Å². The van der Waals surface area contributed by atoms with Crippen LogP contribution in [0.15, 0.2) is 0 Å². The molecule has 98 valence electrons. The van der Waals surface area contributed by atoms with Crippen LogP contribution in [0, 0.1) is 0 Å². The van der Waals surface area contributed by atoms with Crippen LogP contribution in [0.5, 0.6) is 0 Å². The summed E-state index contributed by atoms with van der Waals surface area (Å²) in [5.41, 5.74) is 0.166. The van der Waals surface area contributed by atoms with Crippen LogP contribution in [0.4, 0.5) is 0 Å². The van der Waals surface area contributed by atoms with Crippen LogP contribution < -0.4 is 10.6 Å². The Bertz CT molecular complexity index is 271. The van der Waals surface area contributed by atoms with Gasteiger partial charge in [0.15, 0.2) is 0 Å². The fourth-order valence-corrected chi connectivity index (χ4v) is 4.08. The van der Waals surface area contributed by atoms with Gasteiger partial charge in [-0.15, -0.1) is 0 Å². The second-order valence-corrected chi connectivity index (χ2v) is 6.39. The van der Waals surface area contributed by atoms with Crippen LogP contribution >= 0.6 is 11.8 Å². The lowest BCUT2D eigenvalue weighted by Crippen LogP contribution is -2.55. The molecule has 17 heavy (non-hydrogen) atoms. The molecule has 2 heterocycles. The Labute approximate surface area is 108 Å². The van der Waals surface area contributed by atoms with Crippen molar-refractivity contribution in [1.29, 1.82) is 0 Å². The standard InChI is InChI=1S/C12H23N3OS/c1-15(2)12(5-7-17-9-12)8-14-11(16)10-4-3-6-13-10/h10,13H,3-9H2,1-2H3,(H,14,16). The Balaban J connectivity index is 1.85. The van der Waals surface area contributed by atoms with E-state index in [1.54, 1.807) is 0 Å². The van der Waals surface area contributed by atoms with Gasteiger partial charge in [0, 0.05) is 17.8 Å². The minimum atomic E-state index is 0.0447. The lowest BCUT2D eigenvalue weighted by molar-refractivity contribution is -0.123. The zero-order chi connectivity index (χ0) is 12.3. The zero-order valence-corrected chi connectivity index (χ0v) is 11.6. The summed E-state index contributed by atoms with van der Waals surface area (Å²) in [6, 6.07) is 0.0447. The molecule has 1 amide bonds. The van der Waals surface area contributed by atoms with Crippen LogP contribution in [0.2, 0.25) is 0 Å². The number of hydrogen-bond donors (Lipinski definition) is 2. The number of thioether (sulfide) groups is 1. The maximum absolute atomic E-state index is 12.0. The number of amides is 1. The molecule has 2 unspecified atom stereocenters. The van der Waals surface area contributed by atoms with E-state index in [9.17, 15) is 4.79 Å². The summed E-state index contributed by atoms with van der Waals surface area (Å²) in [7, 11) is 4.23. The average Bonchev–Trinajstić information content (AvgIpc) is 2.97. The van der Waals surface area contributed by atoms with Gasteiger partial charge in [0.1, 0.15) is 0 Å². The van der Waals surface area contributed by atoms with Gasteiger partial charge >= 0.3 is 0 Å². The molecule has 2 aliphatic rings. The topological polar surface area (TPSA) is 44.4 Å². The molecule has 2 fully saturated rings. The number of hydrogen-bond acceptors (Lipinski definition) is 4. The van der Waals surface area contributed by atoms with Crippen LogP contribution in [-0.4, -0.2) is 61.1 Å². The van der Waals surface area contributed by atoms with Crippen LogP contribution in [-0.2, 0) is 4.79 Å². The van der Waals surface area contributed by atoms with E-state index in [4.69, 9.17) is 0 Å². The number of nitrogens with one attached hydrogen (secondary N) is 2. The highest BCUT2D eigenvalue weighted by atomic mass is 32.2. The summed E-state index contributed by atoms with van der Waals surface area (Å²) in [6.45, 7) is 1.76. The van der Waals surface area contributed by atoms with Crippen LogP contribution in [0.1, 0.15) is 19.3 Å². The van der Waals surface area contributed by atoms with Gasteiger partial charge in [-0.25, -0.2) is 0 Å². The monoisotopic (exact) mass is 257 g/mol. The fourth-order valence-electron chi connectivity index (χ4n) is 2.53. The van der Waals surface area contributed by atoms with Crippen molar-refractivity contribution < 1.29 is 4.79 Å². The highest BCUT2D eigenvalue weighted by molar-refractivity contribution is 7.99. The quantitative estimate of drug-likeness (QED) is 0.760. The van der Waals surface area contributed by atoms with E-state index >= 15 is 0 Å². The van der Waals surface area contributed by atoms with Gasteiger partial charge in [0.25, 0.3) is 0 Å². The first-order valence-electron chi connectivity index (χ1n) is 6.40. The predicted octanol–water partition coefficient (Wildman–Crippen LogP) is 0.292. The molecule has 0 aromatic heterocycles. The highest BCUT2D eigenvalue weighted by Crippen LogP contribution is 2.31. The van der Waals surface area contributed by atoms with E-state index in [2.05, 4.69) is 29.6 Å². The number of likely N-dealkylation sites (N-methyl/N-ethyl adjacent to an activating group) is 1. The summed E-state index contributed by atoms with van der Waals surface area (Å²) >= 11 is 1.98. The summed E-state index contributed by atoms with van der Waals surface area (Å²) in [4.78, 5) is 14.2. The van der Waals surface area contributed by atoms with Gasteiger partial charge in [-0.05, 0) is 45.7 Å². The van der Waals surface area contributed by atoms with Gasteiger partial charge < -0.3 is 15.5 Å². The molecule has 0 bridgehead atoms. The third kappa shape index (κ3) is 2.95. The molecule has 2 N–H and O–H groups in total. The van der Waals surface area contributed by atoms with Crippen molar-refractivity contribution >= 4 is 17.7 Å². The summed E-state index contributed by atoms with van der Waals surface area (Å²) in [5.74, 6) is 2.51. The van der Waals surface area contributed by atoms with E-state index in [0.717, 1.165) is 31.7 Å². The Morgan fingerprint density at radius 2 is 2.41 bits per heavy atom. The molecule has 0 spiro atoms. The highest BCUT2D eigenvalue weighted by Gasteiger charge is 2.37. The summed E-state index contributed by atoms with van der Waals surface area (Å²) in [6.07, 6.45) is 3.27. The van der Waals surface area contributed by atoms with Crippen molar-refractivity contribution in [3.8, 4) is 0 Å². The Kier molecular flexibility index (Phi) is 4.33. The largest absolute Gasteiger partial charge is 0.353 e. The second-order valence-electron chi connectivity index (χ2n) is 5.29. The summed E-state index contributed by atoms with van der Waals surface area (Å²) < 4.78 is 0. The average molecular weight is 257 g/mol. The molecular weight excluding hydrogens is 234 g/mol. The third-order valence-electron chi connectivity index (χ3n) is 4.00. The van der Waals surface area contributed by atoms with Crippen molar-refractivity contribution in [2.75, 3.05) is 38.7 Å². The van der Waals surface area contributed by atoms with Gasteiger partial charge in [-0.2, -0.15) is 11.8 Å². The number of nitrogens with zero attached hydrogens (tertiary/aromatic N) is 1. The summed E-state index contributed by atoms with van der Waals surface area (Å²) in [5, 5.41) is 6.37. The molecule has 0 saturated carbocycles. The lowest BCUT2D eigenvalue weighted by atomic mass is 9.97. The van der Waals surface area contributed by atoms with Crippen molar-refractivity contribution in [3.05, 3.63) is 0 Å². The van der Waals surface area contributed by atoms with E-state index < -0.39 is 0 Å². The van der Waals surface area contributed by atoms with Crippen molar-refractivity contribution in [2.45, 2.75) is 30.8 Å². The molecule has 0 aromatic rings. The second kappa shape index (κ2) is 5.59. The molecule has 2 aliphatic heterocycles. The number of carbonyl (C=O) groups is 1. The van der Waals surface area contributed by atoms with Crippen molar-refractivity contribution in [1.82, 2.24) is 15.5 Å². The number of carbonyl (C=O) groups excluding carboxylic acids is 1. The zero-order valence-electron chi connectivity index (χ0n) is 10.8. The third-order valence-corrected chi connectivity index (χ3v) is 5.23. The van der Waals surface area contributed by atoms with Crippen molar-refractivity contribution in [3.63, 3.8) is 0 Å². The molecule has 2 rings (SSSR count). The molecule has 0 aliphatic carbocycles. The van der Waals surface area contributed by atoms with Crippen LogP contribution in [0.3, 0.4) is 0 Å². The molecule has 0 radical (unpaired) electrons. The lowest BCUT2D eigenvalue weighted by Gasteiger charge is -2.36. The number of rotatable bonds is 4. The molecule has 5 heteroatoms. The Hall–Kier alpha value is -0.260. The van der Waals surface area contributed by atoms with E-state index in [1.807, 2.05) is 11.8 Å². The first kappa shape index (κ1) is 13.2. The molecule has 2 saturated heterocycles. The maximum Gasteiger partial charge on any atom is 0.237 e. The van der Waals surface area contributed by atoms with Gasteiger partial charge in [-0.1, -0.05) is 0 Å². The predicted molar refractivity (Wildman–Crippen MR) is 72.4 cm³/mol. The van der Waals surface area contributed by atoms with E-state index in [-0.39, 0.29) is 17.5 Å². The maximum atomic E-state index is 12.0. The van der Waals surface area contributed by atoms with E-state index in [1.165, 1.54) is 12.2 Å². The SMILES string of the molecule is CN(C)C1(CNC(=O)C2CCCN2)CCSC1. The molecule has 2 atom stereocenters. The van der Waals surface area contributed by atoms with Crippen LogP contribution in [0.25, 0.3) is 0 Å². The Morgan fingerprint density at radius 3 is 2.94 bits per heavy atom. The van der Waals surface area contributed by atoms with Gasteiger partial charge in [-0.3, -0.25) is 4.79 Å². The Morgan fingerprint density at radius 1 is 1.59 bits per heavy atom. The first-order chi connectivity index (χ1) is 8.14. The van der Waals surface area contributed by atoms with Gasteiger partial charge in [0.2, 0.25) is 5.91 Å². The fraction of sp³-hybridized carbons (Fsp3) is 0.917. The molecular formula is C12H23N3OS. The van der Waals surface area contributed by atoms with Crippen molar-refractivity contribution in [2.24, 2.45) is 0 Å². The van der Waals surface area contributed by atoms with E-state index in [0.29, 0.717) is 0 Å². The first-order valence-corrected chi connectivity index (χ1v) is 7.56. The molecule has 4 nitrogen and oxygen atoms in total. The molecule has 0 aromatic carbocycles. The minimum Gasteiger partial charge on any atom is -0.353 e.